The Bertz CT molecular complexity index is 1180. The maximum absolute atomic E-state index is 12.1. The predicted molar refractivity (Wildman–Crippen MR) is 113 cm³/mol. The van der Waals surface area contributed by atoms with Crippen molar-refractivity contribution in [1.82, 2.24) is 9.99 Å². The van der Waals surface area contributed by atoms with E-state index in [1.807, 2.05) is 12.1 Å². The molecular weight excluding hydrogens is 416 g/mol. The second-order valence-electron chi connectivity index (χ2n) is 6.75. The van der Waals surface area contributed by atoms with Crippen LogP contribution in [0.4, 0.5) is 5.69 Å². The Hall–Kier alpha value is -4.47. The number of benzene rings is 2. The molecule has 0 bridgehead atoms. The fourth-order valence-electron chi connectivity index (χ4n) is 3.02. The highest BCUT2D eigenvalue weighted by Crippen LogP contribution is 2.32. The molecule has 1 aromatic heterocycles. The van der Waals surface area contributed by atoms with Gasteiger partial charge >= 0.3 is 0 Å². The minimum absolute atomic E-state index is 0.123. The number of aromatic nitrogens is 1. The van der Waals surface area contributed by atoms with E-state index in [4.69, 9.17) is 14.2 Å². The summed E-state index contributed by atoms with van der Waals surface area (Å²) < 4.78 is 16.8. The third kappa shape index (κ3) is 4.33. The number of hydrogen-bond donors (Lipinski definition) is 0. The Morgan fingerprint density at radius 1 is 1.12 bits per heavy atom. The van der Waals surface area contributed by atoms with Gasteiger partial charge in [-0.3, -0.25) is 14.9 Å². The largest absolute Gasteiger partial charge is 0.497 e. The third-order valence-electron chi connectivity index (χ3n) is 4.60. The summed E-state index contributed by atoms with van der Waals surface area (Å²) in [5.74, 6) is 1.36. The van der Waals surface area contributed by atoms with Gasteiger partial charge in [-0.2, -0.15) is 5.01 Å². The number of rotatable bonds is 6. The van der Waals surface area contributed by atoms with E-state index in [2.05, 4.69) is 10.1 Å². The van der Waals surface area contributed by atoms with Gasteiger partial charge in [0.05, 0.1) is 12.0 Å². The van der Waals surface area contributed by atoms with Crippen LogP contribution in [-0.2, 0) is 9.53 Å². The van der Waals surface area contributed by atoms with Crippen LogP contribution in [0.15, 0.2) is 72.0 Å². The molecule has 0 spiro atoms. The molecule has 0 radical (unpaired) electrons. The first kappa shape index (κ1) is 20.8. The van der Waals surface area contributed by atoms with Crippen molar-refractivity contribution in [3.63, 3.8) is 0 Å². The molecule has 162 valence electrons. The Morgan fingerprint density at radius 3 is 2.53 bits per heavy atom. The minimum atomic E-state index is -0.736. The van der Waals surface area contributed by atoms with Crippen molar-refractivity contribution < 1.29 is 23.9 Å². The van der Waals surface area contributed by atoms with Crippen molar-refractivity contribution in [2.24, 2.45) is 5.10 Å². The molecule has 10 nitrogen and oxygen atoms in total. The molecule has 1 atom stereocenters. The molecule has 1 aliphatic rings. The molecule has 2 aromatic carbocycles. The predicted octanol–water partition coefficient (Wildman–Crippen LogP) is 4.03. The molecule has 1 amide bonds. The summed E-state index contributed by atoms with van der Waals surface area (Å²) in [6, 6.07) is 16.8. The summed E-state index contributed by atoms with van der Waals surface area (Å²) >= 11 is 0. The van der Waals surface area contributed by atoms with E-state index in [0.717, 1.165) is 6.20 Å². The van der Waals surface area contributed by atoms with Crippen LogP contribution in [0.2, 0.25) is 0 Å². The number of pyridine rings is 1. The van der Waals surface area contributed by atoms with Gasteiger partial charge < -0.3 is 14.2 Å². The molecule has 0 aliphatic carbocycles. The lowest BCUT2D eigenvalue weighted by Crippen LogP contribution is -2.25. The Morgan fingerprint density at radius 2 is 1.91 bits per heavy atom. The molecule has 0 saturated heterocycles. The normalized spacial score (nSPS) is 15.0. The van der Waals surface area contributed by atoms with E-state index in [-0.39, 0.29) is 17.5 Å². The van der Waals surface area contributed by atoms with E-state index < -0.39 is 11.2 Å². The standard InChI is InChI=1S/C22H18N4O6/c1-14(27)25-22(32-21(24-25)16-4-3-5-19(12-16)30-2)15-6-9-18(10-7-15)31-20-11-8-17(13-23-20)26(28)29/h3-13,22H,1-2H3/t22-/m1/s1. The smallest absolute Gasteiger partial charge is 0.287 e. The van der Waals surface area contributed by atoms with E-state index in [0.29, 0.717) is 28.5 Å². The lowest BCUT2D eigenvalue weighted by Gasteiger charge is -2.19. The Balaban J connectivity index is 1.51. The number of methoxy groups -OCH3 is 1. The van der Waals surface area contributed by atoms with Gasteiger partial charge in [0.1, 0.15) is 17.7 Å². The lowest BCUT2D eigenvalue weighted by atomic mass is 10.2. The van der Waals surface area contributed by atoms with Crippen molar-refractivity contribution in [3.8, 4) is 17.4 Å². The average Bonchev–Trinajstić information content (AvgIpc) is 3.26. The van der Waals surface area contributed by atoms with Crippen molar-refractivity contribution in [2.75, 3.05) is 7.11 Å². The molecule has 1 aliphatic heterocycles. The van der Waals surface area contributed by atoms with E-state index >= 15 is 0 Å². The molecule has 2 heterocycles. The minimum Gasteiger partial charge on any atom is -0.497 e. The Labute approximate surface area is 182 Å². The van der Waals surface area contributed by atoms with E-state index in [1.54, 1.807) is 43.5 Å². The van der Waals surface area contributed by atoms with Gasteiger partial charge in [-0.15, -0.1) is 5.10 Å². The van der Waals surface area contributed by atoms with Crippen molar-refractivity contribution >= 4 is 17.5 Å². The monoisotopic (exact) mass is 434 g/mol. The zero-order valence-electron chi connectivity index (χ0n) is 17.2. The first-order chi connectivity index (χ1) is 15.4. The SMILES string of the molecule is COc1cccc(C2=NN(C(C)=O)[C@@H](c3ccc(Oc4ccc([N+](=O)[O-])cn4)cc3)O2)c1. The van der Waals surface area contributed by atoms with Crippen LogP contribution in [0.25, 0.3) is 0 Å². The average molecular weight is 434 g/mol. The van der Waals surface area contributed by atoms with Gasteiger partial charge in [-0.05, 0) is 42.5 Å². The highest BCUT2D eigenvalue weighted by molar-refractivity contribution is 5.96. The topological polar surface area (TPSA) is 116 Å². The number of hydrogen-bond acceptors (Lipinski definition) is 8. The van der Waals surface area contributed by atoms with Crippen LogP contribution in [-0.4, -0.2) is 33.8 Å². The summed E-state index contributed by atoms with van der Waals surface area (Å²) in [7, 11) is 1.57. The first-order valence-corrected chi connectivity index (χ1v) is 9.52. The summed E-state index contributed by atoms with van der Waals surface area (Å²) in [5.41, 5.74) is 1.25. The van der Waals surface area contributed by atoms with Gasteiger partial charge in [-0.1, -0.05) is 6.07 Å². The molecular formula is C22H18N4O6. The summed E-state index contributed by atoms with van der Waals surface area (Å²) in [6.45, 7) is 1.41. The number of amides is 1. The van der Waals surface area contributed by atoms with Crippen LogP contribution in [0, 0.1) is 10.1 Å². The fraction of sp³-hybridized carbons (Fsp3) is 0.136. The summed E-state index contributed by atoms with van der Waals surface area (Å²) in [4.78, 5) is 26.3. The molecule has 4 rings (SSSR count). The van der Waals surface area contributed by atoms with Gasteiger partial charge in [0.25, 0.3) is 5.69 Å². The number of nitrogens with zero attached hydrogens (tertiary/aromatic N) is 4. The van der Waals surface area contributed by atoms with Crippen LogP contribution in [0.1, 0.15) is 24.3 Å². The molecule has 0 unspecified atom stereocenters. The highest BCUT2D eigenvalue weighted by Gasteiger charge is 2.33. The molecule has 0 saturated carbocycles. The molecule has 3 aromatic rings. The van der Waals surface area contributed by atoms with Crippen molar-refractivity contribution in [2.45, 2.75) is 13.2 Å². The Kier molecular flexibility index (Phi) is 5.67. The van der Waals surface area contributed by atoms with Gasteiger partial charge in [-0.25, -0.2) is 4.98 Å². The van der Waals surface area contributed by atoms with E-state index in [1.165, 1.54) is 24.1 Å². The van der Waals surface area contributed by atoms with E-state index in [9.17, 15) is 14.9 Å². The van der Waals surface area contributed by atoms with Crippen LogP contribution >= 0.6 is 0 Å². The van der Waals surface area contributed by atoms with Gasteiger partial charge in [0.2, 0.25) is 23.9 Å². The fourth-order valence-corrected chi connectivity index (χ4v) is 3.02. The van der Waals surface area contributed by atoms with Crippen molar-refractivity contribution in [3.05, 3.63) is 88.1 Å². The highest BCUT2D eigenvalue weighted by atomic mass is 16.6. The lowest BCUT2D eigenvalue weighted by molar-refractivity contribution is -0.385. The summed E-state index contributed by atoms with van der Waals surface area (Å²) in [6.07, 6.45) is 0.387. The number of hydrazone groups is 1. The zero-order valence-corrected chi connectivity index (χ0v) is 17.2. The second-order valence-corrected chi connectivity index (χ2v) is 6.75. The molecule has 10 heteroatoms. The molecule has 32 heavy (non-hydrogen) atoms. The quantitative estimate of drug-likeness (QED) is 0.425. The summed E-state index contributed by atoms with van der Waals surface area (Å²) in [5, 5.41) is 16.3. The molecule has 0 N–H and O–H groups in total. The third-order valence-corrected chi connectivity index (χ3v) is 4.60. The number of carbonyl (C=O) groups is 1. The number of ether oxygens (including phenoxy) is 3. The second kappa shape index (κ2) is 8.72. The molecule has 0 fully saturated rings. The van der Waals surface area contributed by atoms with Crippen LogP contribution in [0.3, 0.4) is 0 Å². The van der Waals surface area contributed by atoms with Gasteiger partial charge in [0, 0.05) is 30.2 Å². The first-order valence-electron chi connectivity index (χ1n) is 9.52. The zero-order chi connectivity index (χ0) is 22.7. The van der Waals surface area contributed by atoms with Crippen molar-refractivity contribution in [1.29, 1.82) is 0 Å². The van der Waals surface area contributed by atoms with Crippen LogP contribution in [0.5, 0.6) is 17.4 Å². The van der Waals surface area contributed by atoms with Crippen LogP contribution < -0.4 is 9.47 Å². The number of carbonyl (C=O) groups excluding carboxylic acids is 1. The maximum Gasteiger partial charge on any atom is 0.287 e. The number of nitro groups is 1. The van der Waals surface area contributed by atoms with Gasteiger partial charge in [0.15, 0.2) is 0 Å². The maximum atomic E-state index is 12.1.